The standard InChI is InChI=1S/C35H21N3O/c1-2-11-32-29(8-1)30-10-3-9-28(35(30)39-32)26-18-25(24-7-4-16-36-21-24)19-27(20-26)31-15-14-23-13-12-22-6-5-17-37-33(22)34(23)38-31/h1-21H. The second kappa shape index (κ2) is 8.61. The van der Waals surface area contributed by atoms with Crippen LogP contribution in [0.1, 0.15) is 0 Å². The molecular formula is C35H21N3O. The van der Waals surface area contributed by atoms with Gasteiger partial charge in [-0.25, -0.2) is 4.98 Å². The number of rotatable bonds is 3. The van der Waals surface area contributed by atoms with Crippen LogP contribution in [0.25, 0.3) is 77.3 Å². The van der Waals surface area contributed by atoms with Crippen LogP contribution >= 0.6 is 0 Å². The Kier molecular flexibility index (Phi) is 4.79. The van der Waals surface area contributed by atoms with Crippen molar-refractivity contribution in [3.63, 3.8) is 0 Å². The van der Waals surface area contributed by atoms with Crippen LogP contribution in [0, 0.1) is 0 Å². The van der Waals surface area contributed by atoms with E-state index < -0.39 is 0 Å². The van der Waals surface area contributed by atoms with Gasteiger partial charge in [-0.15, -0.1) is 0 Å². The Bertz CT molecular complexity index is 2180. The van der Waals surface area contributed by atoms with Crippen molar-refractivity contribution in [2.75, 3.05) is 0 Å². The predicted molar refractivity (Wildman–Crippen MR) is 158 cm³/mol. The van der Waals surface area contributed by atoms with Crippen LogP contribution < -0.4 is 0 Å². The van der Waals surface area contributed by atoms with Gasteiger partial charge in [-0.05, 0) is 53.6 Å². The molecule has 0 atom stereocenters. The largest absolute Gasteiger partial charge is 0.455 e. The van der Waals surface area contributed by atoms with Gasteiger partial charge in [0.15, 0.2) is 0 Å². The second-order valence-corrected chi connectivity index (χ2v) is 9.73. The Balaban J connectivity index is 1.39. The molecule has 0 aliphatic heterocycles. The quantitative estimate of drug-likeness (QED) is 0.228. The number of benzene rings is 4. The van der Waals surface area contributed by atoms with Crippen molar-refractivity contribution in [3.05, 3.63) is 128 Å². The van der Waals surface area contributed by atoms with Crippen molar-refractivity contribution in [3.8, 4) is 33.5 Å². The minimum atomic E-state index is 0.884. The zero-order valence-corrected chi connectivity index (χ0v) is 20.9. The number of hydrogen-bond acceptors (Lipinski definition) is 4. The summed E-state index contributed by atoms with van der Waals surface area (Å²) in [7, 11) is 0. The first-order valence-corrected chi connectivity index (χ1v) is 12.9. The summed E-state index contributed by atoms with van der Waals surface area (Å²) >= 11 is 0. The lowest BCUT2D eigenvalue weighted by atomic mass is 9.94. The van der Waals surface area contributed by atoms with Gasteiger partial charge in [-0.3, -0.25) is 9.97 Å². The molecule has 8 rings (SSSR count). The molecule has 4 aromatic carbocycles. The first kappa shape index (κ1) is 21.7. The maximum absolute atomic E-state index is 6.40. The predicted octanol–water partition coefficient (Wildman–Crippen LogP) is 9.08. The van der Waals surface area contributed by atoms with Crippen LogP contribution in [0.4, 0.5) is 0 Å². The van der Waals surface area contributed by atoms with E-state index in [1.54, 1.807) is 6.20 Å². The van der Waals surface area contributed by atoms with E-state index in [9.17, 15) is 0 Å². The van der Waals surface area contributed by atoms with E-state index in [1.165, 1.54) is 0 Å². The summed E-state index contributed by atoms with van der Waals surface area (Å²) in [6.45, 7) is 0. The van der Waals surface area contributed by atoms with Crippen LogP contribution in [-0.4, -0.2) is 15.0 Å². The van der Waals surface area contributed by atoms with Gasteiger partial charge in [0.25, 0.3) is 0 Å². The molecule has 0 saturated heterocycles. The summed E-state index contributed by atoms with van der Waals surface area (Å²) in [4.78, 5) is 14.2. The molecule has 39 heavy (non-hydrogen) atoms. The van der Waals surface area contributed by atoms with E-state index in [1.807, 2.05) is 36.7 Å². The van der Waals surface area contributed by atoms with E-state index in [-0.39, 0.29) is 0 Å². The van der Waals surface area contributed by atoms with Crippen molar-refractivity contribution in [2.24, 2.45) is 0 Å². The molecule has 0 spiro atoms. The number of furan rings is 1. The molecule has 8 aromatic rings. The summed E-state index contributed by atoms with van der Waals surface area (Å²) in [6.07, 6.45) is 5.52. The van der Waals surface area contributed by atoms with Crippen LogP contribution in [-0.2, 0) is 0 Å². The summed E-state index contributed by atoms with van der Waals surface area (Å²) < 4.78 is 6.40. The van der Waals surface area contributed by atoms with Crippen molar-refractivity contribution >= 4 is 43.7 Å². The highest BCUT2D eigenvalue weighted by Crippen LogP contribution is 2.39. The van der Waals surface area contributed by atoms with E-state index in [0.29, 0.717) is 0 Å². The first-order valence-electron chi connectivity index (χ1n) is 12.9. The number of aromatic nitrogens is 3. The number of hydrogen-bond donors (Lipinski definition) is 0. The summed E-state index contributed by atoms with van der Waals surface area (Å²) in [5, 5.41) is 4.38. The average molecular weight is 500 g/mol. The van der Waals surface area contributed by atoms with E-state index in [0.717, 1.165) is 77.3 Å². The lowest BCUT2D eigenvalue weighted by molar-refractivity contribution is 0.670. The van der Waals surface area contributed by atoms with Gasteiger partial charge < -0.3 is 4.42 Å². The number of nitrogens with zero attached hydrogens (tertiary/aromatic N) is 3. The molecule has 4 nitrogen and oxygen atoms in total. The first-order chi connectivity index (χ1) is 19.3. The lowest BCUT2D eigenvalue weighted by Gasteiger charge is -2.12. The van der Waals surface area contributed by atoms with E-state index in [4.69, 9.17) is 9.40 Å². The third-order valence-corrected chi connectivity index (χ3v) is 7.37. The Labute approximate surface area is 224 Å². The van der Waals surface area contributed by atoms with Crippen molar-refractivity contribution in [1.29, 1.82) is 0 Å². The summed E-state index contributed by atoms with van der Waals surface area (Å²) in [5.74, 6) is 0. The van der Waals surface area contributed by atoms with Crippen molar-refractivity contribution in [1.82, 2.24) is 15.0 Å². The summed E-state index contributed by atoms with van der Waals surface area (Å²) in [5.41, 5.74) is 9.72. The molecule has 182 valence electrons. The third kappa shape index (κ3) is 3.57. The Hall–Kier alpha value is -5.35. The molecule has 4 heterocycles. The van der Waals surface area contributed by atoms with Gasteiger partial charge in [0.2, 0.25) is 0 Å². The molecule has 0 N–H and O–H groups in total. The average Bonchev–Trinajstić information content (AvgIpc) is 3.40. The van der Waals surface area contributed by atoms with Gasteiger partial charge in [0.1, 0.15) is 11.2 Å². The number of pyridine rings is 3. The molecule has 4 heteroatoms. The van der Waals surface area contributed by atoms with Crippen molar-refractivity contribution in [2.45, 2.75) is 0 Å². The SMILES string of the molecule is c1cncc(-c2cc(-c3ccc4ccc5cccnc5c4n3)cc(-c3cccc4c3oc3ccccc34)c2)c1. The highest BCUT2D eigenvalue weighted by Gasteiger charge is 2.15. The smallest absolute Gasteiger partial charge is 0.143 e. The molecular weight excluding hydrogens is 478 g/mol. The number of para-hydroxylation sites is 2. The van der Waals surface area contributed by atoms with Gasteiger partial charge in [0, 0.05) is 56.8 Å². The molecule has 0 aliphatic rings. The Morgan fingerprint density at radius 3 is 2.26 bits per heavy atom. The van der Waals surface area contributed by atoms with E-state index >= 15 is 0 Å². The third-order valence-electron chi connectivity index (χ3n) is 7.37. The van der Waals surface area contributed by atoms with E-state index in [2.05, 4.69) is 94.9 Å². The molecule has 0 saturated carbocycles. The summed E-state index contributed by atoms with van der Waals surface area (Å²) in [6, 6.07) is 37.6. The Morgan fingerprint density at radius 1 is 0.538 bits per heavy atom. The number of fused-ring (bicyclic) bond motifs is 6. The van der Waals surface area contributed by atoms with Crippen molar-refractivity contribution < 1.29 is 4.42 Å². The van der Waals surface area contributed by atoms with Crippen LogP contribution in [0.15, 0.2) is 132 Å². The fraction of sp³-hybridized carbons (Fsp3) is 0. The Morgan fingerprint density at radius 2 is 1.33 bits per heavy atom. The molecule has 0 aliphatic carbocycles. The fourth-order valence-electron chi connectivity index (χ4n) is 5.49. The van der Waals surface area contributed by atoms with Gasteiger partial charge >= 0.3 is 0 Å². The van der Waals surface area contributed by atoms with Gasteiger partial charge in [-0.1, -0.05) is 66.7 Å². The second-order valence-electron chi connectivity index (χ2n) is 9.73. The topological polar surface area (TPSA) is 51.8 Å². The van der Waals surface area contributed by atoms with Crippen LogP contribution in [0.3, 0.4) is 0 Å². The molecule has 0 unspecified atom stereocenters. The normalized spacial score (nSPS) is 11.6. The monoisotopic (exact) mass is 499 g/mol. The highest BCUT2D eigenvalue weighted by atomic mass is 16.3. The zero-order valence-electron chi connectivity index (χ0n) is 20.9. The molecule has 0 fully saturated rings. The molecule has 0 bridgehead atoms. The van der Waals surface area contributed by atoms with Gasteiger partial charge in [-0.2, -0.15) is 0 Å². The lowest BCUT2D eigenvalue weighted by Crippen LogP contribution is -1.91. The highest BCUT2D eigenvalue weighted by molar-refractivity contribution is 6.10. The maximum atomic E-state index is 6.40. The fourth-order valence-corrected chi connectivity index (χ4v) is 5.49. The van der Waals surface area contributed by atoms with Crippen LogP contribution in [0.5, 0.6) is 0 Å². The maximum Gasteiger partial charge on any atom is 0.143 e. The molecule has 0 amide bonds. The minimum Gasteiger partial charge on any atom is -0.455 e. The zero-order chi connectivity index (χ0) is 25.8. The minimum absolute atomic E-state index is 0.884. The molecule has 0 radical (unpaired) electrons. The van der Waals surface area contributed by atoms with Gasteiger partial charge in [0.05, 0.1) is 16.7 Å². The molecule has 4 aromatic heterocycles. The van der Waals surface area contributed by atoms with Crippen LogP contribution in [0.2, 0.25) is 0 Å².